The summed E-state index contributed by atoms with van der Waals surface area (Å²) in [6.45, 7) is 6.40. The monoisotopic (exact) mass is 532 g/mol. The molecule has 196 valence electrons. The molecule has 4 rings (SSSR count). The molecule has 0 saturated carbocycles. The topological polar surface area (TPSA) is 93.5 Å². The number of carbonyl (C=O) groups excluding carboxylic acids is 2. The Morgan fingerprint density at radius 3 is 2.42 bits per heavy atom. The summed E-state index contributed by atoms with van der Waals surface area (Å²) in [4.78, 5) is 45.3. The minimum Gasteiger partial charge on any atom is -0.462 e. The lowest BCUT2D eigenvalue weighted by Gasteiger charge is -2.30. The maximum absolute atomic E-state index is 13.6. The van der Waals surface area contributed by atoms with Crippen LogP contribution in [0.15, 0.2) is 77.6 Å². The Balaban J connectivity index is 1.70. The second-order valence-electron chi connectivity index (χ2n) is 8.70. The summed E-state index contributed by atoms with van der Waals surface area (Å²) >= 11 is 6.13. The number of hydrogen-bond donors (Lipinski definition) is 1. The van der Waals surface area contributed by atoms with Crippen LogP contribution in [-0.2, 0) is 17.8 Å². The fraction of sp³-hybridized carbons (Fsp3) is 0.241. The molecule has 0 aliphatic heterocycles. The van der Waals surface area contributed by atoms with Gasteiger partial charge in [0, 0.05) is 23.8 Å². The number of urea groups is 1. The van der Waals surface area contributed by atoms with Crippen LogP contribution in [0.4, 0.5) is 10.5 Å². The molecule has 1 atom stereocenters. The number of aromatic nitrogens is 2. The first-order valence-corrected chi connectivity index (χ1v) is 12.8. The van der Waals surface area contributed by atoms with Crippen LogP contribution in [0.3, 0.4) is 0 Å². The standard InChI is InChI=1S/C29H29ClN4O4/c1-4-33-26(32-25-16-13-22(30)17-24(25)27(33)35)19(3)34(18-20-9-7-6-8-10-20)29(37)31-23-14-11-21(12-15-23)28(36)38-5-2/h6-17,19H,4-5,18H2,1-3H3,(H,31,37). The second kappa shape index (κ2) is 11.9. The first kappa shape index (κ1) is 26.9. The molecule has 38 heavy (non-hydrogen) atoms. The third kappa shape index (κ3) is 5.86. The van der Waals surface area contributed by atoms with Gasteiger partial charge in [0.2, 0.25) is 0 Å². The molecule has 0 aliphatic rings. The number of amides is 2. The zero-order valence-corrected chi connectivity index (χ0v) is 22.2. The smallest absolute Gasteiger partial charge is 0.338 e. The third-order valence-corrected chi connectivity index (χ3v) is 6.44. The van der Waals surface area contributed by atoms with E-state index < -0.39 is 12.0 Å². The maximum Gasteiger partial charge on any atom is 0.338 e. The lowest BCUT2D eigenvalue weighted by molar-refractivity contribution is 0.0526. The van der Waals surface area contributed by atoms with Crippen LogP contribution in [0, 0.1) is 0 Å². The Hall–Kier alpha value is -4.17. The van der Waals surface area contributed by atoms with Crippen molar-refractivity contribution in [3.8, 4) is 0 Å². The van der Waals surface area contributed by atoms with Crippen molar-refractivity contribution in [2.45, 2.75) is 39.9 Å². The predicted octanol–water partition coefficient (Wildman–Crippen LogP) is 6.04. The van der Waals surface area contributed by atoms with E-state index >= 15 is 0 Å². The summed E-state index contributed by atoms with van der Waals surface area (Å²) < 4.78 is 6.60. The molecular weight excluding hydrogens is 504 g/mol. The van der Waals surface area contributed by atoms with E-state index in [2.05, 4.69) is 5.32 Å². The minimum atomic E-state index is -0.554. The summed E-state index contributed by atoms with van der Waals surface area (Å²) in [5, 5.41) is 3.79. The van der Waals surface area contributed by atoms with Crippen molar-refractivity contribution in [1.82, 2.24) is 14.5 Å². The quantitative estimate of drug-likeness (QED) is 0.279. The number of halogens is 1. The van der Waals surface area contributed by atoms with Crippen molar-refractivity contribution in [2.75, 3.05) is 11.9 Å². The number of nitrogens with zero attached hydrogens (tertiary/aromatic N) is 3. The van der Waals surface area contributed by atoms with Gasteiger partial charge in [0.1, 0.15) is 5.82 Å². The van der Waals surface area contributed by atoms with E-state index in [9.17, 15) is 14.4 Å². The first-order valence-electron chi connectivity index (χ1n) is 12.4. The van der Waals surface area contributed by atoms with Crippen molar-refractivity contribution >= 4 is 40.2 Å². The molecule has 1 N–H and O–H groups in total. The molecule has 3 aromatic carbocycles. The van der Waals surface area contributed by atoms with Gasteiger partial charge in [-0.05, 0) is 68.8 Å². The van der Waals surface area contributed by atoms with Crippen molar-refractivity contribution in [3.63, 3.8) is 0 Å². The molecule has 1 aromatic heterocycles. The van der Waals surface area contributed by atoms with Gasteiger partial charge in [-0.3, -0.25) is 9.36 Å². The zero-order valence-electron chi connectivity index (χ0n) is 21.5. The summed E-state index contributed by atoms with van der Waals surface area (Å²) in [5.74, 6) is 0.0435. The Bertz CT molecular complexity index is 1500. The molecule has 9 heteroatoms. The number of esters is 1. The fourth-order valence-electron chi connectivity index (χ4n) is 4.24. The van der Waals surface area contributed by atoms with E-state index in [1.807, 2.05) is 44.2 Å². The summed E-state index contributed by atoms with van der Waals surface area (Å²) in [7, 11) is 0. The SMILES string of the molecule is CCOC(=O)c1ccc(NC(=O)N(Cc2ccccc2)C(C)c2nc3ccc(Cl)cc3c(=O)n2CC)cc1. The Labute approximate surface area is 225 Å². The highest BCUT2D eigenvalue weighted by atomic mass is 35.5. The molecule has 8 nitrogen and oxygen atoms in total. The van der Waals surface area contributed by atoms with E-state index in [0.29, 0.717) is 39.5 Å². The van der Waals surface area contributed by atoms with Gasteiger partial charge in [0.15, 0.2) is 0 Å². The highest BCUT2D eigenvalue weighted by molar-refractivity contribution is 6.31. The molecule has 0 radical (unpaired) electrons. The van der Waals surface area contributed by atoms with Gasteiger partial charge in [0.05, 0.1) is 29.1 Å². The molecule has 2 amide bonds. The number of benzene rings is 3. The van der Waals surface area contributed by atoms with Crippen LogP contribution in [0.25, 0.3) is 10.9 Å². The van der Waals surface area contributed by atoms with Crippen LogP contribution in [0.5, 0.6) is 0 Å². The van der Waals surface area contributed by atoms with Gasteiger partial charge >= 0.3 is 12.0 Å². The van der Waals surface area contributed by atoms with Crippen molar-refractivity contribution in [2.24, 2.45) is 0 Å². The number of nitrogens with one attached hydrogen (secondary N) is 1. The van der Waals surface area contributed by atoms with Gasteiger partial charge in [-0.15, -0.1) is 0 Å². The fourth-order valence-corrected chi connectivity index (χ4v) is 4.41. The van der Waals surface area contributed by atoms with Gasteiger partial charge in [-0.1, -0.05) is 41.9 Å². The van der Waals surface area contributed by atoms with Crippen LogP contribution in [-0.4, -0.2) is 33.1 Å². The summed E-state index contributed by atoms with van der Waals surface area (Å²) in [5.41, 5.74) is 2.14. The van der Waals surface area contributed by atoms with E-state index in [0.717, 1.165) is 5.56 Å². The molecule has 1 heterocycles. The lowest BCUT2D eigenvalue weighted by atomic mass is 10.1. The zero-order chi connectivity index (χ0) is 27.2. The van der Waals surface area contributed by atoms with Crippen molar-refractivity contribution in [3.05, 3.63) is 105 Å². The number of fused-ring (bicyclic) bond motifs is 1. The molecule has 0 spiro atoms. The molecule has 0 aliphatic carbocycles. The lowest BCUT2D eigenvalue weighted by Crippen LogP contribution is -2.39. The van der Waals surface area contributed by atoms with E-state index in [-0.39, 0.29) is 24.7 Å². The molecule has 0 fully saturated rings. The number of hydrogen-bond acceptors (Lipinski definition) is 5. The van der Waals surface area contributed by atoms with E-state index in [4.69, 9.17) is 21.3 Å². The van der Waals surface area contributed by atoms with Crippen LogP contribution < -0.4 is 10.9 Å². The maximum atomic E-state index is 13.6. The molecular formula is C29H29ClN4O4. The van der Waals surface area contributed by atoms with Crippen LogP contribution in [0.1, 0.15) is 48.6 Å². The molecule has 4 aromatic rings. The highest BCUT2D eigenvalue weighted by Gasteiger charge is 2.26. The Morgan fingerprint density at radius 2 is 1.76 bits per heavy atom. The van der Waals surface area contributed by atoms with Gasteiger partial charge in [-0.2, -0.15) is 0 Å². The normalized spacial score (nSPS) is 11.7. The van der Waals surface area contributed by atoms with Gasteiger partial charge in [0.25, 0.3) is 5.56 Å². The van der Waals surface area contributed by atoms with E-state index in [1.54, 1.807) is 58.9 Å². The van der Waals surface area contributed by atoms with Crippen LogP contribution in [0.2, 0.25) is 5.02 Å². The minimum absolute atomic E-state index is 0.212. The van der Waals surface area contributed by atoms with Gasteiger partial charge < -0.3 is 15.0 Å². The Kier molecular flexibility index (Phi) is 8.43. The second-order valence-corrected chi connectivity index (χ2v) is 9.13. The van der Waals surface area contributed by atoms with Crippen molar-refractivity contribution in [1.29, 1.82) is 0 Å². The summed E-state index contributed by atoms with van der Waals surface area (Å²) in [6, 6.07) is 20.2. The predicted molar refractivity (Wildman–Crippen MR) is 149 cm³/mol. The number of anilines is 1. The van der Waals surface area contributed by atoms with E-state index in [1.165, 1.54) is 0 Å². The van der Waals surface area contributed by atoms with Crippen LogP contribution >= 0.6 is 11.6 Å². The highest BCUT2D eigenvalue weighted by Crippen LogP contribution is 2.25. The number of carbonyl (C=O) groups is 2. The molecule has 0 bridgehead atoms. The number of ether oxygens (including phenoxy) is 1. The van der Waals surface area contributed by atoms with Gasteiger partial charge in [-0.25, -0.2) is 14.6 Å². The number of rotatable bonds is 8. The Morgan fingerprint density at radius 1 is 1.05 bits per heavy atom. The third-order valence-electron chi connectivity index (χ3n) is 6.21. The molecule has 0 saturated heterocycles. The average molecular weight is 533 g/mol. The summed E-state index contributed by atoms with van der Waals surface area (Å²) in [6.07, 6.45) is 0. The molecule has 1 unspecified atom stereocenters. The first-order chi connectivity index (χ1) is 18.3. The van der Waals surface area contributed by atoms with Crippen molar-refractivity contribution < 1.29 is 14.3 Å². The average Bonchev–Trinajstić information content (AvgIpc) is 2.92. The largest absolute Gasteiger partial charge is 0.462 e.